The third kappa shape index (κ3) is 4.96. The number of aromatic nitrogens is 3. The Morgan fingerprint density at radius 2 is 2.30 bits per heavy atom. The van der Waals surface area contributed by atoms with E-state index in [4.69, 9.17) is 4.74 Å². The summed E-state index contributed by atoms with van der Waals surface area (Å²) in [7, 11) is 3.60. The van der Waals surface area contributed by atoms with Crippen molar-refractivity contribution in [2.75, 3.05) is 20.3 Å². The fourth-order valence-electron chi connectivity index (χ4n) is 1.77. The molecular weight excluding hydrogens is 272 g/mol. The molecule has 1 aromatic heterocycles. The van der Waals surface area contributed by atoms with Crippen molar-refractivity contribution >= 4 is 11.8 Å². The molecule has 0 bridgehead atoms. The van der Waals surface area contributed by atoms with Gasteiger partial charge >= 0.3 is 0 Å². The first kappa shape index (κ1) is 15.0. The van der Waals surface area contributed by atoms with Crippen LogP contribution < -0.4 is 5.32 Å². The minimum absolute atomic E-state index is 0.737. The lowest BCUT2D eigenvalue weighted by atomic mass is 10.2. The standard InChI is InChI=1S/C14H20N4OS/c1-18-10-13(16-17-18)11-20-14-5-3-4-12(8-14)9-15-6-7-19-2/h3-5,8,10,15H,6-7,9,11H2,1-2H3. The third-order valence-corrected chi connectivity index (χ3v) is 3.77. The molecule has 0 saturated carbocycles. The number of rotatable bonds is 8. The molecule has 0 saturated heterocycles. The van der Waals surface area contributed by atoms with Gasteiger partial charge in [0.25, 0.3) is 0 Å². The van der Waals surface area contributed by atoms with Crippen molar-refractivity contribution in [3.8, 4) is 0 Å². The van der Waals surface area contributed by atoms with E-state index >= 15 is 0 Å². The summed E-state index contributed by atoms with van der Waals surface area (Å²) in [5, 5.41) is 11.4. The van der Waals surface area contributed by atoms with Gasteiger partial charge in [0.1, 0.15) is 0 Å². The van der Waals surface area contributed by atoms with E-state index in [1.807, 2.05) is 13.2 Å². The lowest BCUT2D eigenvalue weighted by Crippen LogP contribution is -2.18. The van der Waals surface area contributed by atoms with E-state index in [-0.39, 0.29) is 0 Å². The fourth-order valence-corrected chi connectivity index (χ4v) is 2.63. The van der Waals surface area contributed by atoms with Crippen molar-refractivity contribution in [2.45, 2.75) is 17.2 Å². The number of benzene rings is 1. The number of nitrogens with one attached hydrogen (secondary N) is 1. The summed E-state index contributed by atoms with van der Waals surface area (Å²) in [6.07, 6.45) is 1.95. The molecule has 1 heterocycles. The van der Waals surface area contributed by atoms with Crippen LogP contribution in [0.15, 0.2) is 35.4 Å². The summed E-state index contributed by atoms with van der Waals surface area (Å²) in [4.78, 5) is 1.25. The predicted octanol–water partition coefficient (Wildman–Crippen LogP) is 1.84. The van der Waals surface area contributed by atoms with Crippen LogP contribution in [0, 0.1) is 0 Å². The van der Waals surface area contributed by atoms with Crippen molar-refractivity contribution in [1.29, 1.82) is 0 Å². The van der Waals surface area contributed by atoms with Crippen molar-refractivity contribution in [3.05, 3.63) is 41.7 Å². The summed E-state index contributed by atoms with van der Waals surface area (Å²) in [5.41, 5.74) is 2.28. The maximum absolute atomic E-state index is 5.01. The quantitative estimate of drug-likeness (QED) is 0.594. The second-order valence-corrected chi connectivity index (χ2v) is 5.54. The first-order valence-electron chi connectivity index (χ1n) is 6.54. The number of methoxy groups -OCH3 is 1. The number of nitrogens with zero attached hydrogens (tertiary/aromatic N) is 3. The second kappa shape index (κ2) is 8.04. The van der Waals surface area contributed by atoms with Gasteiger partial charge in [-0.1, -0.05) is 17.3 Å². The molecule has 0 aliphatic heterocycles. The number of hydrogen-bond donors (Lipinski definition) is 1. The van der Waals surface area contributed by atoms with Gasteiger partial charge < -0.3 is 10.1 Å². The second-order valence-electron chi connectivity index (χ2n) is 4.49. The van der Waals surface area contributed by atoms with E-state index in [9.17, 15) is 0 Å². The molecule has 0 aliphatic carbocycles. The fraction of sp³-hybridized carbons (Fsp3) is 0.429. The Hall–Kier alpha value is -1.37. The highest BCUT2D eigenvalue weighted by Crippen LogP contribution is 2.22. The minimum Gasteiger partial charge on any atom is -0.383 e. The Bertz CT molecular complexity index is 529. The molecule has 1 N–H and O–H groups in total. The normalized spacial score (nSPS) is 10.9. The molecule has 0 unspecified atom stereocenters. The lowest BCUT2D eigenvalue weighted by Gasteiger charge is -2.06. The number of thioether (sulfide) groups is 1. The van der Waals surface area contributed by atoms with Crippen molar-refractivity contribution in [3.63, 3.8) is 0 Å². The van der Waals surface area contributed by atoms with Crippen LogP contribution >= 0.6 is 11.8 Å². The van der Waals surface area contributed by atoms with E-state index in [0.717, 1.165) is 31.1 Å². The van der Waals surface area contributed by atoms with Gasteiger partial charge in [0.05, 0.1) is 12.3 Å². The van der Waals surface area contributed by atoms with Crippen molar-refractivity contribution in [2.24, 2.45) is 7.05 Å². The molecule has 0 aliphatic rings. The van der Waals surface area contributed by atoms with Crippen LogP contribution in [-0.2, 0) is 24.1 Å². The smallest absolute Gasteiger partial charge is 0.0929 e. The highest BCUT2D eigenvalue weighted by molar-refractivity contribution is 7.98. The van der Waals surface area contributed by atoms with Crippen molar-refractivity contribution < 1.29 is 4.74 Å². The summed E-state index contributed by atoms with van der Waals surface area (Å²) in [5.74, 6) is 0.842. The summed E-state index contributed by atoms with van der Waals surface area (Å²) in [6, 6.07) is 8.55. The molecule has 6 heteroatoms. The highest BCUT2D eigenvalue weighted by atomic mass is 32.2. The average molecular weight is 292 g/mol. The van der Waals surface area contributed by atoms with Gasteiger partial charge in [-0.05, 0) is 17.7 Å². The minimum atomic E-state index is 0.737. The monoisotopic (exact) mass is 292 g/mol. The molecule has 20 heavy (non-hydrogen) atoms. The summed E-state index contributed by atoms with van der Waals surface area (Å²) in [6.45, 7) is 2.47. The molecule has 2 aromatic rings. The topological polar surface area (TPSA) is 52.0 Å². The Balaban J connectivity index is 1.82. The Morgan fingerprint density at radius 1 is 1.40 bits per heavy atom. The number of hydrogen-bond acceptors (Lipinski definition) is 5. The maximum Gasteiger partial charge on any atom is 0.0929 e. The maximum atomic E-state index is 5.01. The van der Waals surface area contributed by atoms with E-state index in [2.05, 4.69) is 39.9 Å². The van der Waals surface area contributed by atoms with Crippen LogP contribution in [0.1, 0.15) is 11.3 Å². The molecule has 108 valence electrons. The van der Waals surface area contributed by atoms with Crippen LogP contribution in [0.3, 0.4) is 0 Å². The van der Waals surface area contributed by atoms with Crippen LogP contribution in [0.4, 0.5) is 0 Å². The molecule has 1 aromatic carbocycles. The predicted molar refractivity (Wildman–Crippen MR) is 80.6 cm³/mol. The van der Waals surface area contributed by atoms with Crippen LogP contribution in [0.5, 0.6) is 0 Å². The molecule has 0 atom stereocenters. The first-order valence-corrected chi connectivity index (χ1v) is 7.53. The lowest BCUT2D eigenvalue weighted by molar-refractivity contribution is 0.199. The number of ether oxygens (including phenoxy) is 1. The zero-order valence-electron chi connectivity index (χ0n) is 11.9. The molecule has 0 spiro atoms. The zero-order valence-corrected chi connectivity index (χ0v) is 12.7. The molecule has 0 fully saturated rings. The molecule has 2 rings (SSSR count). The van der Waals surface area contributed by atoms with Gasteiger partial charge in [-0.15, -0.1) is 16.9 Å². The van der Waals surface area contributed by atoms with Gasteiger partial charge in [0.2, 0.25) is 0 Å². The third-order valence-electron chi connectivity index (χ3n) is 2.75. The summed E-state index contributed by atoms with van der Waals surface area (Å²) < 4.78 is 6.74. The average Bonchev–Trinajstić information content (AvgIpc) is 2.88. The summed E-state index contributed by atoms with van der Waals surface area (Å²) >= 11 is 1.78. The largest absolute Gasteiger partial charge is 0.383 e. The Labute approximate surface area is 123 Å². The van der Waals surface area contributed by atoms with Gasteiger partial charge in [-0.3, -0.25) is 4.68 Å². The van der Waals surface area contributed by atoms with Crippen LogP contribution in [0.25, 0.3) is 0 Å². The van der Waals surface area contributed by atoms with Crippen LogP contribution in [-0.4, -0.2) is 35.3 Å². The van der Waals surface area contributed by atoms with E-state index < -0.39 is 0 Å². The van der Waals surface area contributed by atoms with Crippen LogP contribution in [0.2, 0.25) is 0 Å². The Kier molecular flexibility index (Phi) is 6.04. The highest BCUT2D eigenvalue weighted by Gasteiger charge is 2.01. The van der Waals surface area contributed by atoms with Gasteiger partial charge in [0, 0.05) is 44.1 Å². The van der Waals surface area contributed by atoms with E-state index in [1.165, 1.54) is 10.5 Å². The molecule has 5 nitrogen and oxygen atoms in total. The van der Waals surface area contributed by atoms with E-state index in [0.29, 0.717) is 0 Å². The SMILES string of the molecule is COCCNCc1cccc(SCc2cn(C)nn2)c1. The molecular formula is C14H20N4OS. The number of aryl methyl sites for hydroxylation is 1. The van der Waals surface area contributed by atoms with Gasteiger partial charge in [-0.2, -0.15) is 0 Å². The van der Waals surface area contributed by atoms with Crippen molar-refractivity contribution in [1.82, 2.24) is 20.3 Å². The Morgan fingerprint density at radius 3 is 3.05 bits per heavy atom. The molecule has 0 amide bonds. The zero-order chi connectivity index (χ0) is 14.2. The molecule has 0 radical (unpaired) electrons. The van der Waals surface area contributed by atoms with E-state index in [1.54, 1.807) is 23.6 Å². The van der Waals surface area contributed by atoms with Gasteiger partial charge in [0.15, 0.2) is 0 Å². The first-order chi connectivity index (χ1) is 9.78. The van der Waals surface area contributed by atoms with Gasteiger partial charge in [-0.25, -0.2) is 0 Å².